The Morgan fingerprint density at radius 3 is 1.16 bits per heavy atom. The first kappa shape index (κ1) is 36.2. The lowest BCUT2D eigenvalue weighted by Crippen LogP contribution is -2.28. The number of rotatable bonds is 8. The summed E-state index contributed by atoms with van der Waals surface area (Å²) in [5.41, 5.74) is 19.2. The molecule has 10 aromatic rings. The van der Waals surface area contributed by atoms with Gasteiger partial charge in [-0.25, -0.2) is 9.97 Å². The molecular formula is C59H40N2. The van der Waals surface area contributed by atoms with Crippen LogP contribution in [0.5, 0.6) is 0 Å². The highest BCUT2D eigenvalue weighted by molar-refractivity contribution is 5.95. The summed E-state index contributed by atoms with van der Waals surface area (Å²) in [5.74, 6) is 0.705. The minimum Gasteiger partial charge on any atom is -0.228 e. The van der Waals surface area contributed by atoms with Gasteiger partial charge in [-0.05, 0) is 85.0 Å². The van der Waals surface area contributed by atoms with Gasteiger partial charge >= 0.3 is 0 Å². The quantitative estimate of drug-likeness (QED) is 0.154. The highest BCUT2D eigenvalue weighted by Gasteiger charge is 2.46. The van der Waals surface area contributed by atoms with Crippen molar-refractivity contribution in [3.63, 3.8) is 0 Å². The molecule has 61 heavy (non-hydrogen) atoms. The lowest BCUT2D eigenvalue weighted by molar-refractivity contribution is 0.769. The molecule has 1 aliphatic carbocycles. The molecule has 0 atom stereocenters. The molecule has 0 fully saturated rings. The smallest absolute Gasteiger partial charge is 0.160 e. The molecule has 0 saturated heterocycles. The normalized spacial score (nSPS) is 12.4. The molecule has 0 N–H and O–H groups in total. The molecule has 9 aromatic carbocycles. The summed E-state index contributed by atoms with van der Waals surface area (Å²) in [6, 6.07) is 87.2. The molecule has 0 saturated carbocycles. The predicted octanol–water partition coefficient (Wildman–Crippen LogP) is 14.8. The summed E-state index contributed by atoms with van der Waals surface area (Å²) in [7, 11) is 0. The monoisotopic (exact) mass is 776 g/mol. The van der Waals surface area contributed by atoms with E-state index in [0.717, 1.165) is 39.2 Å². The van der Waals surface area contributed by atoms with E-state index >= 15 is 0 Å². The van der Waals surface area contributed by atoms with E-state index < -0.39 is 5.41 Å². The topological polar surface area (TPSA) is 25.8 Å². The maximum absolute atomic E-state index is 5.06. The molecule has 286 valence electrons. The number of aromatic nitrogens is 2. The van der Waals surface area contributed by atoms with E-state index in [0.29, 0.717) is 5.82 Å². The first-order valence-electron chi connectivity index (χ1n) is 20.9. The second-order valence-corrected chi connectivity index (χ2v) is 15.7. The van der Waals surface area contributed by atoms with E-state index in [1.54, 1.807) is 0 Å². The first-order chi connectivity index (χ1) is 30.2. The van der Waals surface area contributed by atoms with Crippen molar-refractivity contribution in [3.05, 3.63) is 265 Å². The molecule has 1 aromatic heterocycles. The third-order valence-electron chi connectivity index (χ3n) is 12.2. The van der Waals surface area contributed by atoms with E-state index in [1.807, 2.05) is 36.4 Å². The minimum atomic E-state index is -0.480. The van der Waals surface area contributed by atoms with Crippen molar-refractivity contribution in [3.8, 4) is 78.4 Å². The van der Waals surface area contributed by atoms with Gasteiger partial charge in [0.1, 0.15) is 0 Å². The molecule has 11 rings (SSSR count). The highest BCUT2D eigenvalue weighted by atomic mass is 14.9. The fraction of sp³-hybridized carbons (Fsp3) is 0.0169. The Hall–Kier alpha value is -7.94. The first-order valence-corrected chi connectivity index (χ1v) is 20.9. The molecule has 0 unspecified atom stereocenters. The van der Waals surface area contributed by atoms with Gasteiger partial charge in [-0.2, -0.15) is 0 Å². The van der Waals surface area contributed by atoms with Gasteiger partial charge in [-0.15, -0.1) is 0 Å². The average Bonchev–Trinajstić information content (AvgIpc) is 3.65. The molecule has 2 nitrogen and oxygen atoms in total. The third kappa shape index (κ3) is 6.37. The standard InChI is InChI=1S/C59H40N2/c1-6-18-43(19-7-1)51-38-53-50-28-16-17-29-54(50)59(48-24-12-4-13-25-48,49-26-14-5-15-27-49)55(53)39-52(51)44-34-30-41(31-35-44)42-32-36-47(37-33-42)58-60-56(45-20-8-2-9-21-45)40-57(61-58)46-22-10-3-11-23-46/h1-40H. The number of fused-ring (bicyclic) bond motifs is 3. The Morgan fingerprint density at radius 2 is 0.639 bits per heavy atom. The van der Waals surface area contributed by atoms with E-state index in [9.17, 15) is 0 Å². The zero-order chi connectivity index (χ0) is 40.6. The van der Waals surface area contributed by atoms with Crippen LogP contribution in [0, 0.1) is 0 Å². The average molecular weight is 777 g/mol. The van der Waals surface area contributed by atoms with Gasteiger partial charge in [0.25, 0.3) is 0 Å². The number of nitrogens with zero attached hydrogens (tertiary/aromatic N) is 2. The van der Waals surface area contributed by atoms with Crippen molar-refractivity contribution < 1.29 is 0 Å². The summed E-state index contributed by atoms with van der Waals surface area (Å²) >= 11 is 0. The van der Waals surface area contributed by atoms with Gasteiger partial charge < -0.3 is 0 Å². The van der Waals surface area contributed by atoms with Crippen LogP contribution < -0.4 is 0 Å². The van der Waals surface area contributed by atoms with Gasteiger partial charge in [-0.1, -0.05) is 224 Å². The van der Waals surface area contributed by atoms with Crippen molar-refractivity contribution in [2.24, 2.45) is 0 Å². The fourth-order valence-corrected chi connectivity index (χ4v) is 9.33. The van der Waals surface area contributed by atoms with Crippen LogP contribution in [-0.2, 0) is 5.41 Å². The van der Waals surface area contributed by atoms with Crippen LogP contribution in [0.4, 0.5) is 0 Å². The Morgan fingerprint density at radius 1 is 0.246 bits per heavy atom. The maximum atomic E-state index is 5.06. The van der Waals surface area contributed by atoms with Crippen LogP contribution in [0.2, 0.25) is 0 Å². The summed E-state index contributed by atoms with van der Waals surface area (Å²) in [4.78, 5) is 10.1. The van der Waals surface area contributed by atoms with Crippen molar-refractivity contribution in [2.45, 2.75) is 5.41 Å². The molecule has 1 aliphatic rings. The lowest BCUT2D eigenvalue weighted by Gasteiger charge is -2.34. The van der Waals surface area contributed by atoms with Crippen molar-refractivity contribution in [1.82, 2.24) is 9.97 Å². The van der Waals surface area contributed by atoms with Gasteiger partial charge in [0.05, 0.1) is 16.8 Å². The van der Waals surface area contributed by atoms with Gasteiger partial charge in [0.15, 0.2) is 5.82 Å². The van der Waals surface area contributed by atoms with Crippen LogP contribution in [0.3, 0.4) is 0 Å². The molecule has 2 heteroatoms. The number of benzene rings is 9. The Labute approximate surface area is 357 Å². The zero-order valence-corrected chi connectivity index (χ0v) is 33.5. The highest BCUT2D eigenvalue weighted by Crippen LogP contribution is 2.58. The van der Waals surface area contributed by atoms with Gasteiger partial charge in [0, 0.05) is 16.7 Å². The van der Waals surface area contributed by atoms with Crippen LogP contribution >= 0.6 is 0 Å². The summed E-state index contributed by atoms with van der Waals surface area (Å²) in [6.07, 6.45) is 0. The van der Waals surface area contributed by atoms with Crippen molar-refractivity contribution in [2.75, 3.05) is 0 Å². The SMILES string of the molecule is c1ccc(-c2cc(-c3ccccc3)nc(-c3ccc(-c4ccc(-c5cc6c(cc5-c5ccccc5)-c5ccccc5C6(c5ccccc5)c5ccccc5)cc4)cc3)n2)cc1. The molecular weight excluding hydrogens is 737 g/mol. The van der Waals surface area contributed by atoms with E-state index in [1.165, 1.54) is 55.6 Å². The fourth-order valence-electron chi connectivity index (χ4n) is 9.33. The van der Waals surface area contributed by atoms with E-state index in [2.05, 4.69) is 206 Å². The lowest BCUT2D eigenvalue weighted by atomic mass is 9.67. The molecule has 0 radical (unpaired) electrons. The second kappa shape index (κ2) is 15.3. The molecule has 0 spiro atoms. The molecule has 1 heterocycles. The summed E-state index contributed by atoms with van der Waals surface area (Å²) in [6.45, 7) is 0. The molecule has 0 bridgehead atoms. The summed E-state index contributed by atoms with van der Waals surface area (Å²) < 4.78 is 0. The summed E-state index contributed by atoms with van der Waals surface area (Å²) in [5, 5.41) is 0. The Balaban J connectivity index is 1.01. The molecule has 0 amide bonds. The number of hydrogen-bond acceptors (Lipinski definition) is 2. The second-order valence-electron chi connectivity index (χ2n) is 15.7. The van der Waals surface area contributed by atoms with E-state index in [4.69, 9.17) is 9.97 Å². The molecule has 0 aliphatic heterocycles. The van der Waals surface area contributed by atoms with Crippen LogP contribution in [0.25, 0.3) is 78.4 Å². The van der Waals surface area contributed by atoms with E-state index in [-0.39, 0.29) is 0 Å². The zero-order valence-electron chi connectivity index (χ0n) is 33.5. The van der Waals surface area contributed by atoms with Gasteiger partial charge in [0.2, 0.25) is 0 Å². The van der Waals surface area contributed by atoms with Crippen LogP contribution in [-0.4, -0.2) is 9.97 Å². The van der Waals surface area contributed by atoms with Crippen molar-refractivity contribution in [1.29, 1.82) is 0 Å². The Kier molecular flexibility index (Phi) is 9.09. The maximum Gasteiger partial charge on any atom is 0.160 e. The van der Waals surface area contributed by atoms with Crippen LogP contribution in [0.1, 0.15) is 22.3 Å². The predicted molar refractivity (Wildman–Crippen MR) is 252 cm³/mol. The van der Waals surface area contributed by atoms with Crippen LogP contribution in [0.15, 0.2) is 243 Å². The third-order valence-corrected chi connectivity index (χ3v) is 12.2. The minimum absolute atomic E-state index is 0.480. The largest absolute Gasteiger partial charge is 0.228 e. The van der Waals surface area contributed by atoms with Crippen molar-refractivity contribution >= 4 is 0 Å². The Bertz CT molecular complexity index is 3030. The van der Waals surface area contributed by atoms with Gasteiger partial charge in [-0.3, -0.25) is 0 Å². The number of hydrogen-bond donors (Lipinski definition) is 0.